The van der Waals surface area contributed by atoms with Crippen molar-refractivity contribution < 1.29 is 9.59 Å². The van der Waals surface area contributed by atoms with Gasteiger partial charge in [-0.25, -0.2) is 0 Å². The highest BCUT2D eigenvalue weighted by Crippen LogP contribution is 2.20. The summed E-state index contributed by atoms with van der Waals surface area (Å²) >= 11 is 1.24. The minimum atomic E-state index is -0.214. The Bertz CT molecular complexity index is 1020. The largest absolute Gasteiger partial charge is 0.355 e. The lowest BCUT2D eigenvalue weighted by atomic mass is 10.1. The molecule has 3 aromatic rings. The Labute approximate surface area is 166 Å². The lowest BCUT2D eigenvalue weighted by molar-refractivity contribution is -0.113. The number of anilines is 1. The molecule has 28 heavy (non-hydrogen) atoms. The van der Waals surface area contributed by atoms with Crippen molar-refractivity contribution in [1.82, 2.24) is 25.5 Å². The number of hydrogen-bond donors (Lipinski definition) is 2. The van der Waals surface area contributed by atoms with Crippen LogP contribution in [0.15, 0.2) is 47.6 Å². The summed E-state index contributed by atoms with van der Waals surface area (Å²) < 4.78 is 1.61. The van der Waals surface area contributed by atoms with Crippen LogP contribution in [0.1, 0.15) is 21.5 Å². The van der Waals surface area contributed by atoms with E-state index in [1.54, 1.807) is 36.0 Å². The SMILES string of the molecule is CNC(=O)c1cccc(NC(=O)CSc2nnnn2-c2ccc(C)c(C)c2)c1. The van der Waals surface area contributed by atoms with Crippen molar-refractivity contribution in [2.24, 2.45) is 0 Å². The third-order valence-electron chi connectivity index (χ3n) is 4.14. The maximum atomic E-state index is 12.3. The Kier molecular flexibility index (Phi) is 6.05. The second kappa shape index (κ2) is 8.66. The molecule has 0 unspecified atom stereocenters. The summed E-state index contributed by atoms with van der Waals surface area (Å²) in [6.45, 7) is 4.06. The number of aryl methyl sites for hydroxylation is 2. The lowest BCUT2D eigenvalue weighted by Gasteiger charge is -2.08. The molecule has 0 aliphatic heterocycles. The van der Waals surface area contributed by atoms with Gasteiger partial charge in [0.25, 0.3) is 5.91 Å². The molecular weight excluding hydrogens is 376 g/mol. The molecule has 0 saturated carbocycles. The van der Waals surface area contributed by atoms with Crippen LogP contribution in [0, 0.1) is 13.8 Å². The van der Waals surface area contributed by atoms with Gasteiger partial charge < -0.3 is 10.6 Å². The van der Waals surface area contributed by atoms with Gasteiger partial charge in [-0.3, -0.25) is 9.59 Å². The van der Waals surface area contributed by atoms with Crippen molar-refractivity contribution in [3.8, 4) is 5.69 Å². The van der Waals surface area contributed by atoms with E-state index in [-0.39, 0.29) is 17.6 Å². The summed E-state index contributed by atoms with van der Waals surface area (Å²) in [4.78, 5) is 24.0. The summed E-state index contributed by atoms with van der Waals surface area (Å²) in [5.74, 6) is -0.290. The monoisotopic (exact) mass is 396 g/mol. The van der Waals surface area contributed by atoms with Gasteiger partial charge in [0.15, 0.2) is 0 Å². The average Bonchev–Trinajstić information content (AvgIpc) is 3.16. The first-order valence-electron chi connectivity index (χ1n) is 8.58. The number of aromatic nitrogens is 4. The van der Waals surface area contributed by atoms with Crippen LogP contribution >= 0.6 is 11.8 Å². The minimum Gasteiger partial charge on any atom is -0.355 e. The fourth-order valence-corrected chi connectivity index (χ4v) is 3.19. The number of nitrogens with zero attached hydrogens (tertiary/aromatic N) is 4. The van der Waals surface area contributed by atoms with Crippen molar-refractivity contribution >= 4 is 29.3 Å². The Hall–Kier alpha value is -3.20. The zero-order valence-electron chi connectivity index (χ0n) is 15.8. The van der Waals surface area contributed by atoms with Gasteiger partial charge in [0.05, 0.1) is 11.4 Å². The van der Waals surface area contributed by atoms with E-state index >= 15 is 0 Å². The van der Waals surface area contributed by atoms with Gasteiger partial charge in [-0.05, 0) is 65.7 Å². The van der Waals surface area contributed by atoms with Gasteiger partial charge >= 0.3 is 0 Å². The minimum absolute atomic E-state index is 0.134. The molecule has 0 spiro atoms. The molecule has 144 valence electrons. The van der Waals surface area contributed by atoms with Crippen LogP contribution < -0.4 is 10.6 Å². The predicted octanol–water partition coefficient (Wildman–Crippen LogP) is 2.37. The number of carbonyl (C=O) groups is 2. The van der Waals surface area contributed by atoms with E-state index in [1.165, 1.54) is 17.3 Å². The molecule has 0 atom stereocenters. The standard InChI is InChI=1S/C19H20N6O2S/c1-12-7-8-16(9-13(12)2)25-19(22-23-24-25)28-11-17(26)21-15-6-4-5-14(10-15)18(27)20-3/h4-10H,11H2,1-3H3,(H,20,27)(H,21,26). The first-order valence-corrected chi connectivity index (χ1v) is 9.57. The zero-order valence-corrected chi connectivity index (χ0v) is 16.6. The molecule has 0 bridgehead atoms. The summed E-state index contributed by atoms with van der Waals surface area (Å²) in [7, 11) is 1.56. The molecule has 2 amide bonds. The number of benzene rings is 2. The number of amides is 2. The Morgan fingerprint density at radius 3 is 2.68 bits per heavy atom. The third-order valence-corrected chi connectivity index (χ3v) is 5.06. The van der Waals surface area contributed by atoms with Crippen LogP contribution in [-0.2, 0) is 4.79 Å². The maximum Gasteiger partial charge on any atom is 0.251 e. The van der Waals surface area contributed by atoms with E-state index in [4.69, 9.17) is 0 Å². The summed E-state index contributed by atoms with van der Waals surface area (Å²) in [5, 5.41) is 17.6. The summed E-state index contributed by atoms with van der Waals surface area (Å²) in [6.07, 6.45) is 0. The van der Waals surface area contributed by atoms with Gasteiger partial charge in [-0.15, -0.1) is 5.10 Å². The van der Waals surface area contributed by atoms with Gasteiger partial charge in [-0.2, -0.15) is 4.68 Å². The van der Waals surface area contributed by atoms with Crippen LogP contribution in [-0.4, -0.2) is 44.8 Å². The summed E-state index contributed by atoms with van der Waals surface area (Å²) in [6, 6.07) is 12.7. The third kappa shape index (κ3) is 4.55. The van der Waals surface area contributed by atoms with E-state index in [9.17, 15) is 9.59 Å². The van der Waals surface area contributed by atoms with Gasteiger partial charge in [0.2, 0.25) is 11.1 Å². The van der Waals surface area contributed by atoms with Crippen LogP contribution in [0.4, 0.5) is 5.69 Å². The number of nitrogens with one attached hydrogen (secondary N) is 2. The molecule has 0 radical (unpaired) electrons. The van der Waals surface area contributed by atoms with Crippen LogP contribution in [0.2, 0.25) is 0 Å². The quantitative estimate of drug-likeness (QED) is 0.620. The smallest absolute Gasteiger partial charge is 0.251 e. The van der Waals surface area contributed by atoms with E-state index in [2.05, 4.69) is 26.2 Å². The first kappa shape index (κ1) is 19.6. The van der Waals surface area contributed by atoms with Crippen LogP contribution in [0.5, 0.6) is 0 Å². The molecule has 2 aromatic carbocycles. The highest BCUT2D eigenvalue weighted by atomic mass is 32.2. The fraction of sp³-hybridized carbons (Fsp3) is 0.211. The number of hydrogen-bond acceptors (Lipinski definition) is 6. The zero-order chi connectivity index (χ0) is 20.1. The molecule has 0 aliphatic carbocycles. The molecule has 1 heterocycles. The number of thioether (sulfide) groups is 1. The molecule has 2 N–H and O–H groups in total. The first-order chi connectivity index (χ1) is 13.5. The van der Waals surface area contributed by atoms with Crippen LogP contribution in [0.25, 0.3) is 5.69 Å². The van der Waals surface area contributed by atoms with E-state index in [1.807, 2.05) is 32.0 Å². The van der Waals surface area contributed by atoms with Gasteiger partial charge in [0.1, 0.15) is 0 Å². The number of carbonyl (C=O) groups excluding carboxylic acids is 2. The van der Waals surface area contributed by atoms with Crippen LogP contribution in [0.3, 0.4) is 0 Å². The van der Waals surface area contributed by atoms with Crippen molar-refractivity contribution in [2.75, 3.05) is 18.1 Å². The molecule has 0 saturated heterocycles. The highest BCUT2D eigenvalue weighted by molar-refractivity contribution is 7.99. The summed E-state index contributed by atoms with van der Waals surface area (Å²) in [5.41, 5.74) is 4.20. The Morgan fingerprint density at radius 1 is 1.11 bits per heavy atom. The molecule has 8 nitrogen and oxygen atoms in total. The van der Waals surface area contributed by atoms with Gasteiger partial charge in [0, 0.05) is 18.3 Å². The Balaban J connectivity index is 1.65. The number of rotatable bonds is 6. The molecule has 1 aromatic heterocycles. The normalized spacial score (nSPS) is 10.5. The predicted molar refractivity (Wildman–Crippen MR) is 108 cm³/mol. The average molecular weight is 396 g/mol. The van der Waals surface area contributed by atoms with Gasteiger partial charge in [-0.1, -0.05) is 23.9 Å². The van der Waals surface area contributed by atoms with Crippen molar-refractivity contribution in [2.45, 2.75) is 19.0 Å². The molecule has 0 aliphatic rings. The molecular formula is C19H20N6O2S. The van der Waals surface area contributed by atoms with E-state index < -0.39 is 0 Å². The molecule has 3 rings (SSSR count). The molecule has 9 heteroatoms. The number of tetrazole rings is 1. The Morgan fingerprint density at radius 2 is 1.93 bits per heavy atom. The van der Waals surface area contributed by atoms with Crippen molar-refractivity contribution in [3.63, 3.8) is 0 Å². The highest BCUT2D eigenvalue weighted by Gasteiger charge is 2.13. The van der Waals surface area contributed by atoms with Crippen molar-refractivity contribution in [3.05, 3.63) is 59.2 Å². The second-order valence-electron chi connectivity index (χ2n) is 6.14. The van der Waals surface area contributed by atoms with E-state index in [0.29, 0.717) is 16.4 Å². The van der Waals surface area contributed by atoms with Crippen molar-refractivity contribution in [1.29, 1.82) is 0 Å². The fourth-order valence-electron chi connectivity index (χ4n) is 2.50. The van der Waals surface area contributed by atoms with E-state index in [0.717, 1.165) is 11.3 Å². The maximum absolute atomic E-state index is 12.3. The lowest BCUT2D eigenvalue weighted by Crippen LogP contribution is -2.19. The topological polar surface area (TPSA) is 102 Å². The second-order valence-corrected chi connectivity index (χ2v) is 7.08. The molecule has 0 fully saturated rings.